The van der Waals surface area contributed by atoms with Crippen LogP contribution in [0.3, 0.4) is 0 Å². The van der Waals surface area contributed by atoms with Crippen molar-refractivity contribution in [2.24, 2.45) is 11.0 Å². The van der Waals surface area contributed by atoms with E-state index in [2.05, 4.69) is 22.8 Å². The molecule has 2 N–H and O–H groups in total. The van der Waals surface area contributed by atoms with E-state index >= 15 is 0 Å². The maximum Gasteiger partial charge on any atom is 0.187 e. The average molecular weight is 350 g/mol. The lowest BCUT2D eigenvalue weighted by molar-refractivity contribution is 0.308. The van der Waals surface area contributed by atoms with Crippen LogP contribution in [0, 0.1) is 5.92 Å². The molecule has 5 nitrogen and oxygen atoms in total. The standard InChI is InChI=1S/C18H27N3O2S/c1-4-23-16-10-9-14(11-17(16)22-3)12-19-21-18(24)20-15-8-6-5-7-13(15)2/h9-13,15H,4-8H2,1-3H3,(H2,20,21,24)/b19-12-/t13-,15-/m0/s1. The van der Waals surface area contributed by atoms with Gasteiger partial charge in [-0.25, -0.2) is 0 Å². The summed E-state index contributed by atoms with van der Waals surface area (Å²) in [6.07, 6.45) is 6.73. The summed E-state index contributed by atoms with van der Waals surface area (Å²) in [6, 6.07) is 6.14. The summed E-state index contributed by atoms with van der Waals surface area (Å²) < 4.78 is 10.8. The van der Waals surface area contributed by atoms with E-state index in [4.69, 9.17) is 21.7 Å². The zero-order valence-corrected chi connectivity index (χ0v) is 15.5. The first kappa shape index (κ1) is 18.5. The van der Waals surface area contributed by atoms with Crippen LogP contribution in [-0.4, -0.2) is 31.1 Å². The summed E-state index contributed by atoms with van der Waals surface area (Å²) >= 11 is 5.33. The highest BCUT2D eigenvalue weighted by atomic mass is 32.1. The van der Waals surface area contributed by atoms with Crippen LogP contribution in [0.2, 0.25) is 0 Å². The van der Waals surface area contributed by atoms with Crippen LogP contribution < -0.4 is 20.2 Å². The first-order valence-corrected chi connectivity index (χ1v) is 8.95. The number of methoxy groups -OCH3 is 1. The van der Waals surface area contributed by atoms with Crippen LogP contribution in [-0.2, 0) is 0 Å². The Morgan fingerprint density at radius 1 is 1.33 bits per heavy atom. The number of ether oxygens (including phenoxy) is 2. The average Bonchev–Trinajstić information content (AvgIpc) is 2.58. The maximum atomic E-state index is 5.50. The van der Waals surface area contributed by atoms with E-state index in [1.165, 1.54) is 25.7 Å². The fraction of sp³-hybridized carbons (Fsp3) is 0.556. The Bertz CT molecular complexity index is 577. The summed E-state index contributed by atoms with van der Waals surface area (Å²) in [6.45, 7) is 4.82. The maximum absolute atomic E-state index is 5.50. The van der Waals surface area contributed by atoms with Crippen molar-refractivity contribution in [3.63, 3.8) is 0 Å². The fourth-order valence-electron chi connectivity index (χ4n) is 2.94. The van der Waals surface area contributed by atoms with Crippen molar-refractivity contribution in [3.05, 3.63) is 23.8 Å². The Labute approximate surface area is 149 Å². The largest absolute Gasteiger partial charge is 0.493 e. The third-order valence-electron chi connectivity index (χ3n) is 4.30. The Balaban J connectivity index is 1.87. The molecule has 0 bridgehead atoms. The predicted octanol–water partition coefficient (Wildman–Crippen LogP) is 3.47. The number of nitrogens with one attached hydrogen (secondary N) is 2. The lowest BCUT2D eigenvalue weighted by Gasteiger charge is -2.30. The fourth-order valence-corrected chi connectivity index (χ4v) is 3.14. The minimum atomic E-state index is 0.444. The molecule has 132 valence electrons. The molecule has 1 aliphatic carbocycles. The van der Waals surface area contributed by atoms with E-state index in [9.17, 15) is 0 Å². The van der Waals surface area contributed by atoms with Gasteiger partial charge in [0.05, 0.1) is 19.9 Å². The summed E-state index contributed by atoms with van der Waals surface area (Å²) in [4.78, 5) is 0. The Morgan fingerprint density at radius 2 is 2.12 bits per heavy atom. The van der Waals surface area contributed by atoms with Gasteiger partial charge in [0.25, 0.3) is 0 Å². The Kier molecular flexibility index (Phi) is 7.31. The van der Waals surface area contributed by atoms with Crippen molar-refractivity contribution in [3.8, 4) is 11.5 Å². The molecule has 1 fully saturated rings. The second-order valence-corrected chi connectivity index (χ2v) is 6.46. The molecule has 0 spiro atoms. The molecule has 0 unspecified atom stereocenters. The van der Waals surface area contributed by atoms with Crippen LogP contribution in [0.1, 0.15) is 45.1 Å². The summed E-state index contributed by atoms with van der Waals surface area (Å²) in [5, 5.41) is 8.15. The third kappa shape index (κ3) is 5.37. The van der Waals surface area contributed by atoms with Gasteiger partial charge in [-0.15, -0.1) is 0 Å². The SMILES string of the molecule is CCOc1ccc(/C=N\NC(=S)N[C@H]2CCCC[C@@H]2C)cc1OC. The number of rotatable bonds is 6. The normalized spacial score (nSPS) is 20.6. The molecule has 2 rings (SSSR count). The zero-order valence-electron chi connectivity index (χ0n) is 14.7. The molecule has 1 aromatic rings. The van der Waals surface area contributed by atoms with Crippen LogP contribution in [0.4, 0.5) is 0 Å². The smallest absolute Gasteiger partial charge is 0.187 e. The number of nitrogens with zero attached hydrogens (tertiary/aromatic N) is 1. The topological polar surface area (TPSA) is 54.9 Å². The van der Waals surface area contributed by atoms with Gasteiger partial charge in [0.2, 0.25) is 0 Å². The molecule has 0 aromatic heterocycles. The van der Waals surface area contributed by atoms with Gasteiger partial charge in [0.15, 0.2) is 16.6 Å². The first-order chi connectivity index (χ1) is 11.6. The van der Waals surface area contributed by atoms with Gasteiger partial charge in [0, 0.05) is 6.04 Å². The molecule has 24 heavy (non-hydrogen) atoms. The number of hydrogen-bond donors (Lipinski definition) is 2. The molecular weight excluding hydrogens is 322 g/mol. The van der Waals surface area contributed by atoms with E-state index in [1.54, 1.807) is 13.3 Å². The summed E-state index contributed by atoms with van der Waals surface area (Å²) in [5.74, 6) is 2.07. The van der Waals surface area contributed by atoms with Crippen molar-refractivity contribution in [1.29, 1.82) is 0 Å². The van der Waals surface area contributed by atoms with Gasteiger partial charge >= 0.3 is 0 Å². The summed E-state index contributed by atoms with van der Waals surface area (Å²) in [7, 11) is 1.63. The van der Waals surface area contributed by atoms with Crippen molar-refractivity contribution >= 4 is 23.5 Å². The highest BCUT2D eigenvalue weighted by Gasteiger charge is 2.21. The molecular formula is C18H27N3O2S. The molecule has 1 aliphatic rings. The number of hydrogen-bond acceptors (Lipinski definition) is 4. The number of thiocarbonyl (C=S) groups is 1. The second kappa shape index (κ2) is 9.47. The van der Waals surface area contributed by atoms with Crippen molar-refractivity contribution in [1.82, 2.24) is 10.7 Å². The molecule has 0 radical (unpaired) electrons. The molecule has 0 aliphatic heterocycles. The Morgan fingerprint density at radius 3 is 2.83 bits per heavy atom. The monoisotopic (exact) mass is 349 g/mol. The van der Waals surface area contributed by atoms with E-state index < -0.39 is 0 Å². The number of benzene rings is 1. The number of hydrazone groups is 1. The van der Waals surface area contributed by atoms with Crippen molar-refractivity contribution < 1.29 is 9.47 Å². The molecule has 0 saturated heterocycles. The minimum absolute atomic E-state index is 0.444. The van der Waals surface area contributed by atoms with Gasteiger partial charge < -0.3 is 14.8 Å². The van der Waals surface area contributed by atoms with Gasteiger partial charge in [-0.2, -0.15) is 5.10 Å². The third-order valence-corrected chi connectivity index (χ3v) is 4.50. The molecule has 2 atom stereocenters. The van der Waals surface area contributed by atoms with Gasteiger partial charge in [-0.05, 0) is 61.7 Å². The van der Waals surface area contributed by atoms with Gasteiger partial charge in [0.1, 0.15) is 0 Å². The lowest BCUT2D eigenvalue weighted by atomic mass is 9.86. The van der Waals surface area contributed by atoms with E-state index in [1.807, 2.05) is 25.1 Å². The Hall–Kier alpha value is -1.82. The lowest BCUT2D eigenvalue weighted by Crippen LogP contribution is -2.44. The molecule has 1 aromatic carbocycles. The minimum Gasteiger partial charge on any atom is -0.493 e. The van der Waals surface area contributed by atoms with E-state index in [0.29, 0.717) is 29.4 Å². The molecule has 1 saturated carbocycles. The highest BCUT2D eigenvalue weighted by Crippen LogP contribution is 2.27. The second-order valence-electron chi connectivity index (χ2n) is 6.06. The molecule has 6 heteroatoms. The van der Waals surface area contributed by atoms with Gasteiger partial charge in [-0.1, -0.05) is 19.8 Å². The van der Waals surface area contributed by atoms with Crippen LogP contribution in [0.15, 0.2) is 23.3 Å². The van der Waals surface area contributed by atoms with Crippen LogP contribution >= 0.6 is 12.2 Å². The summed E-state index contributed by atoms with van der Waals surface area (Å²) in [5.41, 5.74) is 3.81. The first-order valence-electron chi connectivity index (χ1n) is 8.54. The zero-order chi connectivity index (χ0) is 17.4. The quantitative estimate of drug-likeness (QED) is 0.468. The van der Waals surface area contributed by atoms with Crippen LogP contribution in [0.25, 0.3) is 0 Å². The van der Waals surface area contributed by atoms with E-state index in [-0.39, 0.29) is 0 Å². The highest BCUT2D eigenvalue weighted by molar-refractivity contribution is 7.80. The predicted molar refractivity (Wildman–Crippen MR) is 102 cm³/mol. The van der Waals surface area contributed by atoms with Crippen molar-refractivity contribution in [2.75, 3.05) is 13.7 Å². The molecule has 0 amide bonds. The molecule has 0 heterocycles. The van der Waals surface area contributed by atoms with E-state index in [0.717, 1.165) is 11.3 Å². The van der Waals surface area contributed by atoms with Gasteiger partial charge in [-0.3, -0.25) is 5.43 Å². The van der Waals surface area contributed by atoms with Crippen molar-refractivity contribution in [2.45, 2.75) is 45.6 Å². The van der Waals surface area contributed by atoms with Crippen LogP contribution in [0.5, 0.6) is 11.5 Å².